The summed E-state index contributed by atoms with van der Waals surface area (Å²) in [5, 5.41) is 9.81. The Bertz CT molecular complexity index is 432. The molecule has 1 aromatic carbocycles. The van der Waals surface area contributed by atoms with E-state index in [1.54, 1.807) is 12.1 Å². The number of likely N-dealkylation sites (tertiary alicyclic amines) is 1. The number of piperidine rings is 1. The molecule has 1 saturated heterocycles. The topological polar surface area (TPSA) is 40.5 Å². The first-order valence-corrected chi connectivity index (χ1v) is 6.80. The molecule has 4 heteroatoms. The molecule has 0 radical (unpaired) electrons. The molecule has 2 unspecified atom stereocenters. The van der Waals surface area contributed by atoms with E-state index in [0.717, 1.165) is 12.0 Å². The summed E-state index contributed by atoms with van der Waals surface area (Å²) in [6, 6.07) is 6.03. The van der Waals surface area contributed by atoms with Crippen molar-refractivity contribution in [1.82, 2.24) is 4.90 Å². The Labute approximate surface area is 113 Å². The van der Waals surface area contributed by atoms with E-state index in [0.29, 0.717) is 25.9 Å². The second kappa shape index (κ2) is 6.15. The van der Waals surface area contributed by atoms with Gasteiger partial charge in [-0.1, -0.05) is 19.1 Å². The Balaban J connectivity index is 1.94. The molecule has 19 heavy (non-hydrogen) atoms. The first-order chi connectivity index (χ1) is 9.10. The number of aliphatic hydroxyl groups is 1. The zero-order valence-electron chi connectivity index (χ0n) is 11.2. The van der Waals surface area contributed by atoms with Gasteiger partial charge in [-0.2, -0.15) is 0 Å². The summed E-state index contributed by atoms with van der Waals surface area (Å²) in [7, 11) is 0. The number of hydrogen-bond acceptors (Lipinski definition) is 2. The lowest BCUT2D eigenvalue weighted by Crippen LogP contribution is -2.46. The number of carbonyl (C=O) groups excluding carboxylic acids is 1. The van der Waals surface area contributed by atoms with Crippen LogP contribution < -0.4 is 0 Å². The van der Waals surface area contributed by atoms with Crippen LogP contribution in [0.5, 0.6) is 0 Å². The molecule has 0 saturated carbocycles. The minimum atomic E-state index is -0.292. The van der Waals surface area contributed by atoms with Crippen LogP contribution in [0.25, 0.3) is 0 Å². The molecule has 1 N–H and O–H groups in total. The molecule has 1 aliphatic rings. The highest BCUT2D eigenvalue weighted by atomic mass is 19.1. The Morgan fingerprint density at radius 2 is 2.11 bits per heavy atom. The zero-order valence-corrected chi connectivity index (χ0v) is 11.2. The van der Waals surface area contributed by atoms with Gasteiger partial charge in [-0.25, -0.2) is 4.39 Å². The average molecular weight is 265 g/mol. The molecule has 1 aliphatic heterocycles. The SMILES string of the molecule is CCC1CN(C(=O)Cc2ccc(F)cc2)CCC1O. The van der Waals surface area contributed by atoms with E-state index in [2.05, 4.69) is 0 Å². The molecule has 1 fully saturated rings. The van der Waals surface area contributed by atoms with Crippen molar-refractivity contribution >= 4 is 5.91 Å². The van der Waals surface area contributed by atoms with Gasteiger partial charge in [-0.05, 0) is 30.5 Å². The monoisotopic (exact) mass is 265 g/mol. The number of amides is 1. The van der Waals surface area contributed by atoms with Crippen molar-refractivity contribution in [3.63, 3.8) is 0 Å². The van der Waals surface area contributed by atoms with E-state index >= 15 is 0 Å². The lowest BCUT2D eigenvalue weighted by molar-refractivity contribution is -0.134. The quantitative estimate of drug-likeness (QED) is 0.908. The zero-order chi connectivity index (χ0) is 13.8. The van der Waals surface area contributed by atoms with E-state index < -0.39 is 0 Å². The lowest BCUT2D eigenvalue weighted by Gasteiger charge is -2.35. The minimum absolute atomic E-state index is 0.0527. The molecule has 1 heterocycles. The molecule has 3 nitrogen and oxygen atoms in total. The van der Waals surface area contributed by atoms with Gasteiger partial charge in [0.1, 0.15) is 5.82 Å². The van der Waals surface area contributed by atoms with Crippen LogP contribution in [0.2, 0.25) is 0 Å². The molecule has 2 atom stereocenters. The number of nitrogens with zero attached hydrogens (tertiary/aromatic N) is 1. The molecule has 0 bridgehead atoms. The van der Waals surface area contributed by atoms with Crippen molar-refractivity contribution in [2.45, 2.75) is 32.3 Å². The molecule has 104 valence electrons. The highest BCUT2D eigenvalue weighted by molar-refractivity contribution is 5.78. The second-order valence-corrected chi connectivity index (χ2v) is 5.17. The summed E-state index contributed by atoms with van der Waals surface area (Å²) in [6.45, 7) is 3.26. The highest BCUT2D eigenvalue weighted by Crippen LogP contribution is 2.20. The van der Waals surface area contributed by atoms with E-state index in [9.17, 15) is 14.3 Å². The van der Waals surface area contributed by atoms with Gasteiger partial charge in [0.15, 0.2) is 0 Å². The van der Waals surface area contributed by atoms with Crippen molar-refractivity contribution < 1.29 is 14.3 Å². The van der Waals surface area contributed by atoms with E-state index in [1.807, 2.05) is 11.8 Å². The molecule has 0 spiro atoms. The van der Waals surface area contributed by atoms with Crippen LogP contribution in [0.3, 0.4) is 0 Å². The normalized spacial score (nSPS) is 23.4. The van der Waals surface area contributed by atoms with Crippen molar-refractivity contribution in [2.24, 2.45) is 5.92 Å². The molecule has 1 aromatic rings. The minimum Gasteiger partial charge on any atom is -0.393 e. The third kappa shape index (κ3) is 3.53. The van der Waals surface area contributed by atoms with Crippen LogP contribution in [0.15, 0.2) is 24.3 Å². The van der Waals surface area contributed by atoms with Crippen LogP contribution in [0.4, 0.5) is 4.39 Å². The molecular formula is C15H20FNO2. The molecule has 0 aromatic heterocycles. The number of carbonyl (C=O) groups is 1. The summed E-state index contributed by atoms with van der Waals surface area (Å²) < 4.78 is 12.8. The van der Waals surface area contributed by atoms with Gasteiger partial charge in [0, 0.05) is 19.0 Å². The van der Waals surface area contributed by atoms with Crippen molar-refractivity contribution in [1.29, 1.82) is 0 Å². The molecule has 1 amide bonds. The van der Waals surface area contributed by atoms with Gasteiger partial charge in [-0.15, -0.1) is 0 Å². The Morgan fingerprint density at radius 3 is 2.74 bits per heavy atom. The first-order valence-electron chi connectivity index (χ1n) is 6.80. The predicted molar refractivity (Wildman–Crippen MR) is 71.1 cm³/mol. The van der Waals surface area contributed by atoms with Gasteiger partial charge in [0.2, 0.25) is 5.91 Å². The summed E-state index contributed by atoms with van der Waals surface area (Å²) in [5.74, 6) is -0.0637. The van der Waals surface area contributed by atoms with Crippen LogP contribution >= 0.6 is 0 Å². The van der Waals surface area contributed by atoms with Crippen molar-refractivity contribution in [3.8, 4) is 0 Å². The maximum absolute atomic E-state index is 12.8. The predicted octanol–water partition coefficient (Wildman–Crippen LogP) is 1.99. The fraction of sp³-hybridized carbons (Fsp3) is 0.533. The van der Waals surface area contributed by atoms with Gasteiger partial charge >= 0.3 is 0 Å². The summed E-state index contributed by atoms with van der Waals surface area (Å²) in [4.78, 5) is 14.0. The Morgan fingerprint density at radius 1 is 1.42 bits per heavy atom. The standard InChI is InChI=1S/C15H20FNO2/c1-2-12-10-17(8-7-14(12)18)15(19)9-11-3-5-13(16)6-4-11/h3-6,12,14,18H,2,7-10H2,1H3. The summed E-state index contributed by atoms with van der Waals surface area (Å²) in [5.41, 5.74) is 0.825. The molecule has 0 aliphatic carbocycles. The van der Waals surface area contributed by atoms with E-state index in [1.165, 1.54) is 12.1 Å². The van der Waals surface area contributed by atoms with E-state index in [-0.39, 0.29) is 23.7 Å². The number of rotatable bonds is 3. The molecular weight excluding hydrogens is 245 g/mol. The van der Waals surface area contributed by atoms with E-state index in [4.69, 9.17) is 0 Å². The second-order valence-electron chi connectivity index (χ2n) is 5.17. The van der Waals surface area contributed by atoms with Crippen LogP contribution in [-0.2, 0) is 11.2 Å². The van der Waals surface area contributed by atoms with Crippen molar-refractivity contribution in [2.75, 3.05) is 13.1 Å². The summed E-state index contributed by atoms with van der Waals surface area (Å²) >= 11 is 0. The molecule has 2 rings (SSSR count). The summed E-state index contributed by atoms with van der Waals surface area (Å²) in [6.07, 6.45) is 1.53. The Hall–Kier alpha value is -1.42. The highest BCUT2D eigenvalue weighted by Gasteiger charge is 2.28. The van der Waals surface area contributed by atoms with Crippen LogP contribution in [0.1, 0.15) is 25.3 Å². The third-order valence-corrected chi connectivity index (χ3v) is 3.84. The van der Waals surface area contributed by atoms with Crippen molar-refractivity contribution in [3.05, 3.63) is 35.6 Å². The van der Waals surface area contributed by atoms with Gasteiger partial charge in [0.25, 0.3) is 0 Å². The number of benzene rings is 1. The number of halogens is 1. The van der Waals surface area contributed by atoms with Crippen LogP contribution in [0, 0.1) is 11.7 Å². The van der Waals surface area contributed by atoms with Gasteiger partial charge in [-0.3, -0.25) is 4.79 Å². The first kappa shape index (κ1) is 14.0. The average Bonchev–Trinajstić information content (AvgIpc) is 2.42. The Kier molecular flexibility index (Phi) is 4.53. The lowest BCUT2D eigenvalue weighted by atomic mass is 9.92. The third-order valence-electron chi connectivity index (χ3n) is 3.84. The largest absolute Gasteiger partial charge is 0.393 e. The maximum Gasteiger partial charge on any atom is 0.227 e. The smallest absolute Gasteiger partial charge is 0.227 e. The van der Waals surface area contributed by atoms with Crippen LogP contribution in [-0.4, -0.2) is 35.1 Å². The van der Waals surface area contributed by atoms with Gasteiger partial charge in [0.05, 0.1) is 12.5 Å². The maximum atomic E-state index is 12.8. The number of hydrogen-bond donors (Lipinski definition) is 1. The fourth-order valence-electron chi connectivity index (χ4n) is 2.54. The van der Waals surface area contributed by atoms with Gasteiger partial charge < -0.3 is 10.0 Å². The fourth-order valence-corrected chi connectivity index (χ4v) is 2.54. The number of aliphatic hydroxyl groups excluding tert-OH is 1.